The number of benzene rings is 2. The maximum atomic E-state index is 11.1. The third-order valence-corrected chi connectivity index (χ3v) is 5.48. The zero-order valence-electron chi connectivity index (χ0n) is 15.3. The molecule has 0 aliphatic carbocycles. The first-order valence-corrected chi connectivity index (χ1v) is 9.83. The SMILES string of the molecule is COc1ccc(-c2cnsc2-c2cc(C)c(C)c(OC)c2)cc1OS(=O)O. The molecule has 1 unspecified atom stereocenters. The second-order valence-corrected chi connectivity index (χ2v) is 7.26. The first-order chi connectivity index (χ1) is 12.9. The van der Waals surface area contributed by atoms with Gasteiger partial charge in [-0.2, -0.15) is 8.58 Å². The van der Waals surface area contributed by atoms with Crippen LogP contribution in [0.2, 0.25) is 0 Å². The topological polar surface area (TPSA) is 77.9 Å². The molecule has 0 saturated carbocycles. The third-order valence-electron chi connectivity index (χ3n) is 4.31. The van der Waals surface area contributed by atoms with Crippen molar-refractivity contribution >= 4 is 22.9 Å². The molecule has 0 fully saturated rings. The van der Waals surface area contributed by atoms with Gasteiger partial charge in [-0.05, 0) is 65.8 Å². The third kappa shape index (κ3) is 3.97. The summed E-state index contributed by atoms with van der Waals surface area (Å²) in [5.74, 6) is 1.38. The number of rotatable bonds is 6. The van der Waals surface area contributed by atoms with E-state index >= 15 is 0 Å². The highest BCUT2D eigenvalue weighted by molar-refractivity contribution is 7.74. The molecule has 1 heterocycles. The van der Waals surface area contributed by atoms with Crippen LogP contribution in [0, 0.1) is 13.8 Å². The van der Waals surface area contributed by atoms with E-state index in [-0.39, 0.29) is 5.75 Å². The van der Waals surface area contributed by atoms with Crippen molar-refractivity contribution in [3.63, 3.8) is 0 Å². The Bertz CT molecular complexity index is 1000. The molecule has 2 aromatic carbocycles. The molecular weight excluding hydrogens is 386 g/mol. The standard InChI is InChI=1S/C19H19NO5S2/c1-11-7-14(9-17(24-4)12(11)2)19-15(10-20-26-19)13-5-6-16(23-3)18(8-13)25-27(21)22/h5-10H,1-4H3,(H,21,22). The predicted molar refractivity (Wildman–Crippen MR) is 107 cm³/mol. The van der Waals surface area contributed by atoms with Crippen molar-refractivity contribution in [2.75, 3.05) is 14.2 Å². The van der Waals surface area contributed by atoms with Crippen molar-refractivity contribution in [3.05, 3.63) is 47.7 Å². The number of hydrogen-bond donors (Lipinski definition) is 1. The molecule has 27 heavy (non-hydrogen) atoms. The summed E-state index contributed by atoms with van der Waals surface area (Å²) < 4.78 is 40.1. The molecule has 1 atom stereocenters. The van der Waals surface area contributed by atoms with Crippen LogP contribution in [0.3, 0.4) is 0 Å². The summed E-state index contributed by atoms with van der Waals surface area (Å²) in [6.45, 7) is 4.06. The van der Waals surface area contributed by atoms with Crippen molar-refractivity contribution in [1.82, 2.24) is 4.37 Å². The number of nitrogens with zero attached hydrogens (tertiary/aromatic N) is 1. The Hall–Kier alpha value is -2.42. The van der Waals surface area contributed by atoms with Crippen molar-refractivity contribution < 1.29 is 22.4 Å². The van der Waals surface area contributed by atoms with Crippen LogP contribution in [-0.2, 0) is 11.4 Å². The lowest BCUT2D eigenvalue weighted by Gasteiger charge is -2.12. The van der Waals surface area contributed by atoms with E-state index in [0.29, 0.717) is 5.75 Å². The largest absolute Gasteiger partial charge is 0.496 e. The van der Waals surface area contributed by atoms with Gasteiger partial charge in [0.1, 0.15) is 5.75 Å². The van der Waals surface area contributed by atoms with Crippen molar-refractivity contribution in [2.24, 2.45) is 0 Å². The van der Waals surface area contributed by atoms with Crippen molar-refractivity contribution in [3.8, 4) is 38.8 Å². The van der Waals surface area contributed by atoms with Gasteiger partial charge in [0.25, 0.3) is 0 Å². The second kappa shape index (κ2) is 8.08. The minimum Gasteiger partial charge on any atom is -0.496 e. The monoisotopic (exact) mass is 405 g/mol. The maximum Gasteiger partial charge on any atom is 0.357 e. The summed E-state index contributed by atoms with van der Waals surface area (Å²) in [5.41, 5.74) is 4.91. The van der Waals surface area contributed by atoms with Gasteiger partial charge >= 0.3 is 11.4 Å². The van der Waals surface area contributed by atoms with Gasteiger partial charge in [0.15, 0.2) is 11.5 Å². The lowest BCUT2D eigenvalue weighted by molar-refractivity contribution is 0.386. The number of aryl methyl sites for hydroxylation is 1. The lowest BCUT2D eigenvalue weighted by Crippen LogP contribution is -1.99. The van der Waals surface area contributed by atoms with Crippen LogP contribution in [0.25, 0.3) is 21.6 Å². The molecule has 8 heteroatoms. The fourth-order valence-corrected chi connectivity index (χ4v) is 3.85. The zero-order valence-corrected chi connectivity index (χ0v) is 16.9. The van der Waals surface area contributed by atoms with Crippen molar-refractivity contribution in [1.29, 1.82) is 0 Å². The predicted octanol–water partition coefficient (Wildman–Crippen LogP) is 4.63. The fourth-order valence-electron chi connectivity index (χ4n) is 2.81. The Morgan fingerprint density at radius 1 is 1.00 bits per heavy atom. The van der Waals surface area contributed by atoms with Crippen molar-refractivity contribution in [2.45, 2.75) is 13.8 Å². The number of hydrogen-bond acceptors (Lipinski definition) is 6. The molecule has 1 N–H and O–H groups in total. The zero-order chi connectivity index (χ0) is 19.6. The Labute approximate surface area is 164 Å². The van der Waals surface area contributed by atoms with Crippen LogP contribution in [-0.4, -0.2) is 27.4 Å². The van der Waals surface area contributed by atoms with Gasteiger partial charge in [0.05, 0.1) is 19.1 Å². The van der Waals surface area contributed by atoms with E-state index in [4.69, 9.17) is 18.2 Å². The second-order valence-electron chi connectivity index (χ2n) is 5.86. The summed E-state index contributed by atoms with van der Waals surface area (Å²) in [6.07, 6.45) is 1.77. The summed E-state index contributed by atoms with van der Waals surface area (Å²) in [6, 6.07) is 9.30. The quantitative estimate of drug-likeness (QED) is 0.603. The molecule has 0 bridgehead atoms. The maximum absolute atomic E-state index is 11.1. The first-order valence-electron chi connectivity index (χ1n) is 8.02. The number of methoxy groups -OCH3 is 2. The average molecular weight is 405 g/mol. The van der Waals surface area contributed by atoms with E-state index in [1.165, 1.54) is 18.6 Å². The molecule has 0 spiro atoms. The molecule has 0 aliphatic rings. The van der Waals surface area contributed by atoms with Gasteiger partial charge in [0.2, 0.25) is 0 Å². The molecule has 3 aromatic rings. The first kappa shape index (κ1) is 19.3. The van der Waals surface area contributed by atoms with Crippen LogP contribution in [0.1, 0.15) is 11.1 Å². The Morgan fingerprint density at radius 3 is 2.37 bits per heavy atom. The number of aromatic nitrogens is 1. The molecule has 0 amide bonds. The van der Waals surface area contributed by atoms with Gasteiger partial charge in [-0.1, -0.05) is 12.1 Å². The van der Waals surface area contributed by atoms with E-state index < -0.39 is 11.4 Å². The van der Waals surface area contributed by atoms with E-state index in [0.717, 1.165) is 38.4 Å². The van der Waals surface area contributed by atoms with Gasteiger partial charge in [-0.3, -0.25) is 4.55 Å². The van der Waals surface area contributed by atoms with E-state index in [9.17, 15) is 4.21 Å². The molecule has 0 saturated heterocycles. The molecule has 0 aliphatic heterocycles. The van der Waals surface area contributed by atoms with Gasteiger partial charge < -0.3 is 13.7 Å². The molecule has 3 rings (SSSR count). The smallest absolute Gasteiger partial charge is 0.357 e. The average Bonchev–Trinajstić information content (AvgIpc) is 3.13. The van der Waals surface area contributed by atoms with Crippen LogP contribution >= 0.6 is 11.5 Å². The van der Waals surface area contributed by atoms with Gasteiger partial charge in [-0.15, -0.1) is 0 Å². The van der Waals surface area contributed by atoms with Crippen LogP contribution < -0.4 is 13.7 Å². The molecule has 6 nitrogen and oxygen atoms in total. The molecule has 1 aromatic heterocycles. The molecule has 0 radical (unpaired) electrons. The lowest BCUT2D eigenvalue weighted by atomic mass is 9.99. The highest BCUT2D eigenvalue weighted by Crippen LogP contribution is 2.41. The summed E-state index contributed by atoms with van der Waals surface area (Å²) in [4.78, 5) is 0.970. The fraction of sp³-hybridized carbons (Fsp3) is 0.211. The normalized spacial score (nSPS) is 11.9. The summed E-state index contributed by atoms with van der Waals surface area (Å²) in [7, 11) is 3.13. The Kier molecular flexibility index (Phi) is 5.79. The Balaban J connectivity index is 2.11. The highest BCUT2D eigenvalue weighted by Gasteiger charge is 2.16. The van der Waals surface area contributed by atoms with E-state index in [1.54, 1.807) is 25.4 Å². The van der Waals surface area contributed by atoms with Gasteiger partial charge in [-0.25, -0.2) is 0 Å². The highest BCUT2D eigenvalue weighted by atomic mass is 32.2. The summed E-state index contributed by atoms with van der Waals surface area (Å²) in [5, 5.41) is 0. The molecule has 142 valence electrons. The molecular formula is C19H19NO5S2. The summed E-state index contributed by atoms with van der Waals surface area (Å²) >= 11 is -1.07. The van der Waals surface area contributed by atoms with E-state index in [1.807, 2.05) is 26.0 Å². The Morgan fingerprint density at radius 2 is 1.70 bits per heavy atom. The minimum absolute atomic E-state index is 0.186. The van der Waals surface area contributed by atoms with Gasteiger partial charge in [0, 0.05) is 11.8 Å². The van der Waals surface area contributed by atoms with E-state index in [2.05, 4.69) is 10.4 Å². The van der Waals surface area contributed by atoms with Crippen LogP contribution in [0.4, 0.5) is 0 Å². The number of ether oxygens (including phenoxy) is 2. The van der Waals surface area contributed by atoms with Crippen LogP contribution in [0.5, 0.6) is 17.2 Å². The van der Waals surface area contributed by atoms with Crippen LogP contribution in [0.15, 0.2) is 36.5 Å². The minimum atomic E-state index is -2.44.